The molecule has 0 bridgehead atoms. The van der Waals surface area contributed by atoms with Crippen molar-refractivity contribution < 1.29 is 23.7 Å². The summed E-state index contributed by atoms with van der Waals surface area (Å²) in [6.07, 6.45) is -4.74. The minimum Gasteiger partial charge on any atom is -0.391 e. The van der Waals surface area contributed by atoms with Crippen LogP contribution in [-0.2, 0) is 4.74 Å². The number of nitrogens with zero attached hydrogens (tertiary/aromatic N) is 2. The van der Waals surface area contributed by atoms with Gasteiger partial charge in [0.2, 0.25) is 0 Å². The first kappa shape index (κ1) is 17.3. The van der Waals surface area contributed by atoms with Gasteiger partial charge in [0, 0.05) is 0 Å². The standard InChI is InChI=1S/C13H16F2N4O4/c1-6(20)8-9(21)13(17,3-2-4-14)11(23-8)19-5-7(15)10(16)18-12(19)22/h5-6,8-9,11,20-21H,4,17H2,1H3,(H2,16,18,22)/t6-,8+,9-,11+,13?/m0/s1. The molecule has 8 nitrogen and oxygen atoms in total. The molecule has 1 unspecified atom stereocenters. The summed E-state index contributed by atoms with van der Waals surface area (Å²) in [7, 11) is 0. The minimum atomic E-state index is -1.96. The molecule has 126 valence electrons. The Kier molecular flexibility index (Phi) is 4.67. The van der Waals surface area contributed by atoms with Crippen LogP contribution in [0.25, 0.3) is 0 Å². The normalized spacial score (nSPS) is 31.5. The van der Waals surface area contributed by atoms with E-state index in [1.807, 2.05) is 5.92 Å². The first-order valence-corrected chi connectivity index (χ1v) is 6.63. The Morgan fingerprint density at radius 3 is 2.87 bits per heavy atom. The lowest BCUT2D eigenvalue weighted by atomic mass is 9.90. The molecule has 2 heterocycles. The molecule has 23 heavy (non-hydrogen) atoms. The van der Waals surface area contributed by atoms with Crippen molar-refractivity contribution in [3.63, 3.8) is 0 Å². The van der Waals surface area contributed by atoms with E-state index in [0.717, 1.165) is 0 Å². The number of hydrogen-bond donors (Lipinski definition) is 4. The Morgan fingerprint density at radius 2 is 2.30 bits per heavy atom. The fourth-order valence-electron chi connectivity index (χ4n) is 2.37. The van der Waals surface area contributed by atoms with Crippen molar-refractivity contribution in [2.75, 3.05) is 12.4 Å². The average Bonchev–Trinajstić information content (AvgIpc) is 2.74. The quantitative estimate of drug-likeness (QED) is 0.473. The molecule has 10 heteroatoms. The van der Waals surface area contributed by atoms with E-state index in [4.69, 9.17) is 16.2 Å². The van der Waals surface area contributed by atoms with Crippen molar-refractivity contribution in [2.24, 2.45) is 5.73 Å². The van der Waals surface area contributed by atoms with Gasteiger partial charge in [0.1, 0.15) is 18.9 Å². The Labute approximate surface area is 129 Å². The third-order valence-electron chi connectivity index (χ3n) is 3.53. The summed E-state index contributed by atoms with van der Waals surface area (Å²) in [6.45, 7) is 0.269. The summed E-state index contributed by atoms with van der Waals surface area (Å²) in [4.78, 5) is 15.2. The van der Waals surface area contributed by atoms with Gasteiger partial charge < -0.3 is 26.4 Å². The van der Waals surface area contributed by atoms with E-state index >= 15 is 0 Å². The molecule has 1 aliphatic rings. The SMILES string of the molecule is C[C@H](O)[C@H]1O[C@@H](n2cc(F)c(N)nc2=O)C(N)(C#CCF)[C@H]1O. The Hall–Kier alpha value is -2.06. The zero-order valence-electron chi connectivity index (χ0n) is 12.1. The molecular formula is C13H16F2N4O4. The molecule has 0 amide bonds. The van der Waals surface area contributed by atoms with Crippen molar-refractivity contribution >= 4 is 5.82 Å². The van der Waals surface area contributed by atoms with Crippen molar-refractivity contribution in [2.45, 2.75) is 37.0 Å². The Morgan fingerprint density at radius 1 is 1.65 bits per heavy atom. The number of halogens is 2. The van der Waals surface area contributed by atoms with Crippen LogP contribution in [0.15, 0.2) is 11.0 Å². The van der Waals surface area contributed by atoms with E-state index in [1.165, 1.54) is 6.92 Å². The maximum atomic E-state index is 13.6. The van der Waals surface area contributed by atoms with E-state index in [2.05, 4.69) is 10.9 Å². The van der Waals surface area contributed by atoms with Crippen LogP contribution in [0.4, 0.5) is 14.6 Å². The summed E-state index contributed by atoms with van der Waals surface area (Å²) in [5, 5.41) is 19.9. The molecule has 5 atom stereocenters. The number of nitrogen functional groups attached to an aromatic ring is 1. The minimum absolute atomic E-state index is 0.616. The number of ether oxygens (including phenoxy) is 1. The highest BCUT2D eigenvalue weighted by molar-refractivity contribution is 5.29. The topological polar surface area (TPSA) is 137 Å². The van der Waals surface area contributed by atoms with E-state index in [-0.39, 0.29) is 0 Å². The largest absolute Gasteiger partial charge is 0.391 e. The first-order valence-electron chi connectivity index (χ1n) is 6.63. The first-order chi connectivity index (χ1) is 10.7. The highest BCUT2D eigenvalue weighted by Gasteiger charge is 2.56. The summed E-state index contributed by atoms with van der Waals surface area (Å²) >= 11 is 0. The molecule has 6 N–H and O–H groups in total. The molecular weight excluding hydrogens is 314 g/mol. The van der Waals surface area contributed by atoms with Gasteiger partial charge in [-0.05, 0) is 6.92 Å². The van der Waals surface area contributed by atoms with Crippen molar-refractivity contribution in [3.05, 3.63) is 22.5 Å². The molecule has 0 aliphatic carbocycles. The Bertz CT molecular complexity index is 714. The number of alkyl halides is 1. The van der Waals surface area contributed by atoms with Gasteiger partial charge in [-0.3, -0.25) is 4.57 Å². The van der Waals surface area contributed by atoms with Crippen molar-refractivity contribution in [3.8, 4) is 11.8 Å². The zero-order valence-corrected chi connectivity index (χ0v) is 12.1. The predicted octanol–water partition coefficient (Wildman–Crippen LogP) is -1.73. The lowest BCUT2D eigenvalue weighted by Gasteiger charge is -2.28. The monoisotopic (exact) mass is 330 g/mol. The second-order valence-electron chi connectivity index (χ2n) is 5.17. The van der Waals surface area contributed by atoms with Gasteiger partial charge in [-0.15, -0.1) is 0 Å². The van der Waals surface area contributed by atoms with Gasteiger partial charge >= 0.3 is 5.69 Å². The average molecular weight is 330 g/mol. The van der Waals surface area contributed by atoms with Crippen molar-refractivity contribution in [1.29, 1.82) is 0 Å². The number of rotatable bonds is 2. The number of aromatic nitrogens is 2. The molecule has 0 spiro atoms. The molecule has 0 radical (unpaired) electrons. The zero-order chi connectivity index (χ0) is 17.4. The maximum Gasteiger partial charge on any atom is 0.351 e. The summed E-state index contributed by atoms with van der Waals surface area (Å²) in [5.41, 5.74) is 8.23. The van der Waals surface area contributed by atoms with Crippen LogP contribution >= 0.6 is 0 Å². The fourth-order valence-corrected chi connectivity index (χ4v) is 2.37. The molecule has 2 rings (SSSR count). The number of hydrogen-bond acceptors (Lipinski definition) is 7. The molecule has 1 aromatic rings. The summed E-state index contributed by atoms with van der Waals surface area (Å²) < 4.78 is 32.0. The van der Waals surface area contributed by atoms with Gasteiger partial charge in [-0.2, -0.15) is 4.98 Å². The maximum absolute atomic E-state index is 13.6. The second kappa shape index (κ2) is 6.21. The molecule has 1 aromatic heterocycles. The van der Waals surface area contributed by atoms with E-state index in [0.29, 0.717) is 10.8 Å². The van der Waals surface area contributed by atoms with E-state index < -0.39 is 54.1 Å². The van der Waals surface area contributed by atoms with E-state index in [9.17, 15) is 23.8 Å². The lowest BCUT2D eigenvalue weighted by Crippen LogP contribution is -2.55. The highest BCUT2D eigenvalue weighted by atomic mass is 19.1. The van der Waals surface area contributed by atoms with Crippen LogP contribution in [0.2, 0.25) is 0 Å². The number of aliphatic hydroxyl groups is 2. The predicted molar refractivity (Wildman–Crippen MR) is 75.1 cm³/mol. The Balaban J connectivity index is 2.58. The van der Waals surface area contributed by atoms with Crippen LogP contribution < -0.4 is 17.2 Å². The fraction of sp³-hybridized carbons (Fsp3) is 0.538. The highest BCUT2D eigenvalue weighted by Crippen LogP contribution is 2.37. The number of nitrogens with two attached hydrogens (primary N) is 2. The van der Waals surface area contributed by atoms with Crippen LogP contribution in [0.1, 0.15) is 13.2 Å². The molecule has 0 aromatic carbocycles. The summed E-state index contributed by atoms with van der Waals surface area (Å²) in [6, 6.07) is 0. The van der Waals surface area contributed by atoms with E-state index in [1.54, 1.807) is 0 Å². The molecule has 1 fully saturated rings. The third-order valence-corrected chi connectivity index (χ3v) is 3.53. The van der Waals surface area contributed by atoms with Crippen LogP contribution in [0.5, 0.6) is 0 Å². The molecule has 1 aliphatic heterocycles. The smallest absolute Gasteiger partial charge is 0.351 e. The van der Waals surface area contributed by atoms with Gasteiger partial charge in [-0.25, -0.2) is 13.6 Å². The van der Waals surface area contributed by atoms with Gasteiger partial charge in [0.15, 0.2) is 23.4 Å². The number of aliphatic hydroxyl groups excluding tert-OH is 2. The molecule has 0 saturated carbocycles. The van der Waals surface area contributed by atoms with Crippen LogP contribution in [-0.4, -0.2) is 50.3 Å². The van der Waals surface area contributed by atoms with Gasteiger partial charge in [0.05, 0.1) is 12.3 Å². The summed E-state index contributed by atoms with van der Waals surface area (Å²) in [5.74, 6) is 2.70. The van der Waals surface area contributed by atoms with Crippen molar-refractivity contribution in [1.82, 2.24) is 9.55 Å². The van der Waals surface area contributed by atoms with Crippen LogP contribution in [0.3, 0.4) is 0 Å². The van der Waals surface area contributed by atoms with Gasteiger partial charge in [-0.1, -0.05) is 11.8 Å². The second-order valence-corrected chi connectivity index (χ2v) is 5.17. The van der Waals surface area contributed by atoms with Crippen LogP contribution in [0, 0.1) is 17.7 Å². The molecule has 1 saturated heterocycles. The van der Waals surface area contributed by atoms with Gasteiger partial charge in [0.25, 0.3) is 0 Å². The number of anilines is 1. The lowest BCUT2D eigenvalue weighted by molar-refractivity contribution is -0.0780. The third kappa shape index (κ3) is 2.91.